The Morgan fingerprint density at radius 1 is 1.42 bits per heavy atom. The Kier molecular flexibility index (Phi) is 3.61. The summed E-state index contributed by atoms with van der Waals surface area (Å²) < 4.78 is 5.31. The summed E-state index contributed by atoms with van der Waals surface area (Å²) in [6.45, 7) is 2.83. The molecule has 0 aliphatic rings. The molecule has 0 heterocycles. The molecule has 0 aromatic heterocycles. The Morgan fingerprint density at radius 2 is 2.25 bits per heavy atom. The van der Waals surface area contributed by atoms with Gasteiger partial charge in [0.15, 0.2) is 0 Å². The van der Waals surface area contributed by atoms with Gasteiger partial charge >= 0.3 is 0 Å². The highest BCUT2D eigenvalue weighted by atomic mass is 16.5. The number of aliphatic hydroxyl groups is 1. The van der Waals surface area contributed by atoms with Gasteiger partial charge in [-0.1, -0.05) is 12.1 Å². The summed E-state index contributed by atoms with van der Waals surface area (Å²) in [4.78, 5) is 0. The van der Waals surface area contributed by atoms with Crippen LogP contribution in [0.4, 0.5) is 0 Å². The van der Waals surface area contributed by atoms with Crippen LogP contribution in [0.3, 0.4) is 0 Å². The molecule has 0 spiro atoms. The molecule has 1 rings (SSSR count). The fourth-order valence-electron chi connectivity index (χ4n) is 1.09. The maximum absolute atomic E-state index is 8.70. The van der Waals surface area contributed by atoms with Crippen molar-refractivity contribution in [1.29, 1.82) is 0 Å². The molecule has 66 valence electrons. The van der Waals surface area contributed by atoms with Gasteiger partial charge in [0, 0.05) is 6.61 Å². The third-order valence-electron chi connectivity index (χ3n) is 1.61. The molecule has 0 unspecified atom stereocenters. The normalized spacial score (nSPS) is 9.83. The number of benzene rings is 1. The van der Waals surface area contributed by atoms with Gasteiger partial charge in [-0.2, -0.15) is 0 Å². The first-order valence-corrected chi connectivity index (χ1v) is 4.19. The lowest BCUT2D eigenvalue weighted by Crippen LogP contribution is -1.94. The zero-order valence-electron chi connectivity index (χ0n) is 7.29. The van der Waals surface area contributed by atoms with Gasteiger partial charge in [0.25, 0.3) is 0 Å². The average Bonchev–Trinajstić information content (AvgIpc) is 2.06. The molecule has 0 aliphatic carbocycles. The topological polar surface area (TPSA) is 29.5 Å². The second-order valence-electron chi connectivity index (χ2n) is 2.55. The molecule has 0 radical (unpaired) electrons. The third-order valence-corrected chi connectivity index (χ3v) is 1.61. The van der Waals surface area contributed by atoms with Gasteiger partial charge in [-0.3, -0.25) is 0 Å². The minimum Gasteiger partial charge on any atom is -0.494 e. The van der Waals surface area contributed by atoms with Crippen LogP contribution in [0.25, 0.3) is 0 Å². The first-order chi connectivity index (χ1) is 5.86. The molecular formula is C10H14O2. The molecule has 1 aromatic carbocycles. The Balaban J connectivity index is 2.67. The summed E-state index contributed by atoms with van der Waals surface area (Å²) in [7, 11) is 0. The number of rotatable bonds is 4. The Bertz CT molecular complexity index is 212. The van der Waals surface area contributed by atoms with E-state index < -0.39 is 0 Å². The summed E-state index contributed by atoms with van der Waals surface area (Å²) >= 11 is 0. The molecule has 0 aliphatic heterocycles. The lowest BCUT2D eigenvalue weighted by atomic mass is 10.1. The van der Waals surface area contributed by atoms with Crippen LogP contribution < -0.4 is 4.74 Å². The van der Waals surface area contributed by atoms with Crippen molar-refractivity contribution in [2.24, 2.45) is 0 Å². The van der Waals surface area contributed by atoms with Crippen LogP contribution in [0.1, 0.15) is 12.5 Å². The zero-order valence-corrected chi connectivity index (χ0v) is 7.29. The molecular weight excluding hydrogens is 152 g/mol. The molecule has 1 aromatic rings. The van der Waals surface area contributed by atoms with E-state index >= 15 is 0 Å². The Labute approximate surface area is 72.8 Å². The van der Waals surface area contributed by atoms with E-state index in [2.05, 4.69) is 0 Å². The molecule has 2 heteroatoms. The van der Waals surface area contributed by atoms with Crippen LogP contribution in [0.2, 0.25) is 0 Å². The second kappa shape index (κ2) is 4.78. The van der Waals surface area contributed by atoms with Crippen LogP contribution in [0.15, 0.2) is 24.3 Å². The van der Waals surface area contributed by atoms with E-state index in [-0.39, 0.29) is 6.61 Å². The summed E-state index contributed by atoms with van der Waals surface area (Å²) in [5.41, 5.74) is 1.11. The molecule has 0 amide bonds. The van der Waals surface area contributed by atoms with E-state index in [1.807, 2.05) is 31.2 Å². The van der Waals surface area contributed by atoms with Crippen molar-refractivity contribution in [1.82, 2.24) is 0 Å². The van der Waals surface area contributed by atoms with Gasteiger partial charge in [0.2, 0.25) is 0 Å². The van der Waals surface area contributed by atoms with Gasteiger partial charge in [-0.15, -0.1) is 0 Å². The Morgan fingerprint density at radius 3 is 2.92 bits per heavy atom. The quantitative estimate of drug-likeness (QED) is 0.736. The standard InChI is InChI=1S/C10H14O2/c1-2-12-10-5-3-4-9(8-10)6-7-11/h3-5,8,11H,2,6-7H2,1H3. The zero-order chi connectivity index (χ0) is 8.81. The van der Waals surface area contributed by atoms with Crippen LogP contribution in [0, 0.1) is 0 Å². The van der Waals surface area contributed by atoms with Crippen molar-refractivity contribution in [3.63, 3.8) is 0 Å². The summed E-state index contributed by atoms with van der Waals surface area (Å²) in [6.07, 6.45) is 0.695. The van der Waals surface area contributed by atoms with E-state index in [1.54, 1.807) is 0 Å². The first-order valence-electron chi connectivity index (χ1n) is 4.19. The lowest BCUT2D eigenvalue weighted by molar-refractivity contribution is 0.299. The second-order valence-corrected chi connectivity index (χ2v) is 2.55. The minimum atomic E-state index is 0.190. The summed E-state index contributed by atoms with van der Waals surface area (Å²) in [5.74, 6) is 0.878. The third kappa shape index (κ3) is 2.55. The van der Waals surface area contributed by atoms with Gasteiger partial charge in [0.05, 0.1) is 6.61 Å². The van der Waals surface area contributed by atoms with Crippen LogP contribution in [-0.2, 0) is 6.42 Å². The van der Waals surface area contributed by atoms with E-state index in [4.69, 9.17) is 9.84 Å². The van der Waals surface area contributed by atoms with Crippen molar-refractivity contribution in [3.8, 4) is 5.75 Å². The fraction of sp³-hybridized carbons (Fsp3) is 0.400. The molecule has 0 bridgehead atoms. The van der Waals surface area contributed by atoms with E-state index in [9.17, 15) is 0 Å². The first kappa shape index (κ1) is 9.07. The minimum absolute atomic E-state index is 0.190. The van der Waals surface area contributed by atoms with Crippen molar-refractivity contribution in [2.45, 2.75) is 13.3 Å². The summed E-state index contributed by atoms with van der Waals surface area (Å²) in [5, 5.41) is 8.70. The number of aliphatic hydroxyl groups excluding tert-OH is 1. The predicted molar refractivity (Wildman–Crippen MR) is 48.4 cm³/mol. The number of hydrogen-bond donors (Lipinski definition) is 1. The van der Waals surface area contributed by atoms with Gasteiger partial charge in [-0.05, 0) is 31.0 Å². The maximum atomic E-state index is 8.70. The van der Waals surface area contributed by atoms with Crippen molar-refractivity contribution >= 4 is 0 Å². The molecule has 12 heavy (non-hydrogen) atoms. The predicted octanol–water partition coefficient (Wildman–Crippen LogP) is 1.62. The van der Waals surface area contributed by atoms with Crippen molar-refractivity contribution in [2.75, 3.05) is 13.2 Å². The monoisotopic (exact) mass is 166 g/mol. The fourth-order valence-corrected chi connectivity index (χ4v) is 1.09. The van der Waals surface area contributed by atoms with Gasteiger partial charge in [-0.25, -0.2) is 0 Å². The molecule has 2 nitrogen and oxygen atoms in total. The molecule has 0 saturated heterocycles. The highest BCUT2D eigenvalue weighted by molar-refractivity contribution is 5.28. The van der Waals surface area contributed by atoms with Crippen molar-refractivity contribution in [3.05, 3.63) is 29.8 Å². The van der Waals surface area contributed by atoms with Crippen LogP contribution in [-0.4, -0.2) is 18.3 Å². The SMILES string of the molecule is CCOc1cccc(CCO)c1. The highest BCUT2D eigenvalue weighted by Crippen LogP contribution is 2.13. The molecule has 0 saturated carbocycles. The van der Waals surface area contributed by atoms with Gasteiger partial charge in [0.1, 0.15) is 5.75 Å². The molecule has 0 fully saturated rings. The van der Waals surface area contributed by atoms with E-state index in [1.165, 1.54) is 0 Å². The number of hydrogen-bond acceptors (Lipinski definition) is 2. The Hall–Kier alpha value is -1.02. The van der Waals surface area contributed by atoms with E-state index in [0.29, 0.717) is 13.0 Å². The largest absolute Gasteiger partial charge is 0.494 e. The van der Waals surface area contributed by atoms with Gasteiger partial charge < -0.3 is 9.84 Å². The van der Waals surface area contributed by atoms with Crippen LogP contribution in [0.5, 0.6) is 5.75 Å². The molecule has 0 atom stereocenters. The number of ether oxygens (including phenoxy) is 1. The lowest BCUT2D eigenvalue weighted by Gasteiger charge is -2.04. The summed E-state index contributed by atoms with van der Waals surface area (Å²) in [6, 6.07) is 7.80. The van der Waals surface area contributed by atoms with E-state index in [0.717, 1.165) is 11.3 Å². The highest BCUT2D eigenvalue weighted by Gasteiger charge is 1.94. The van der Waals surface area contributed by atoms with Crippen LogP contribution >= 0.6 is 0 Å². The van der Waals surface area contributed by atoms with Crippen molar-refractivity contribution < 1.29 is 9.84 Å². The average molecular weight is 166 g/mol. The molecule has 1 N–H and O–H groups in total. The smallest absolute Gasteiger partial charge is 0.119 e. The maximum Gasteiger partial charge on any atom is 0.119 e.